The summed E-state index contributed by atoms with van der Waals surface area (Å²) in [6.07, 6.45) is 2.57. The van der Waals surface area contributed by atoms with Gasteiger partial charge in [-0.25, -0.2) is 9.67 Å². The van der Waals surface area contributed by atoms with Gasteiger partial charge in [0.1, 0.15) is 18.0 Å². The molecule has 27 heavy (non-hydrogen) atoms. The molecule has 2 aromatic heterocycles. The number of aromatic nitrogens is 3. The van der Waals surface area contributed by atoms with Crippen molar-refractivity contribution in [2.45, 2.75) is 19.6 Å². The van der Waals surface area contributed by atoms with Crippen LogP contribution in [-0.2, 0) is 19.6 Å². The van der Waals surface area contributed by atoms with Crippen molar-refractivity contribution in [2.24, 2.45) is 0 Å². The standard InChI is InChI=1S/C21H17ClN4S/c22-17-8-6-16(7-9-17)12-25-14-26-20(23-13-24-26)19-11-18(27-21(19)25)10-15-4-2-1-3-5-15/h1-9,11,13H,10,12,14H2. The van der Waals surface area contributed by atoms with Gasteiger partial charge in [0.2, 0.25) is 0 Å². The number of hydrogen-bond donors (Lipinski definition) is 0. The fourth-order valence-corrected chi connectivity index (χ4v) is 4.75. The average Bonchev–Trinajstić information content (AvgIpc) is 3.31. The number of rotatable bonds is 4. The summed E-state index contributed by atoms with van der Waals surface area (Å²) in [5.74, 6) is 0.952. The third-order valence-corrected chi connectivity index (χ3v) is 6.17. The molecule has 1 aliphatic heterocycles. The number of halogens is 1. The SMILES string of the molecule is Clc1ccc(CN2Cn3ncnc3-c3cc(Cc4ccccc4)sc32)cc1. The third kappa shape index (κ3) is 3.24. The molecule has 2 aromatic carbocycles. The van der Waals surface area contributed by atoms with Crippen LogP contribution in [0.15, 0.2) is 67.0 Å². The van der Waals surface area contributed by atoms with Crippen LogP contribution in [-0.4, -0.2) is 14.8 Å². The molecule has 1 aliphatic rings. The molecular formula is C21H17ClN4S. The van der Waals surface area contributed by atoms with Crippen LogP contribution < -0.4 is 4.90 Å². The zero-order chi connectivity index (χ0) is 18.2. The summed E-state index contributed by atoms with van der Waals surface area (Å²) in [7, 11) is 0. The summed E-state index contributed by atoms with van der Waals surface area (Å²) >= 11 is 7.88. The van der Waals surface area contributed by atoms with E-state index in [-0.39, 0.29) is 0 Å². The highest BCUT2D eigenvalue weighted by Gasteiger charge is 2.26. The molecule has 6 heteroatoms. The van der Waals surface area contributed by atoms with Crippen LogP contribution in [0.5, 0.6) is 0 Å². The Labute approximate surface area is 166 Å². The lowest BCUT2D eigenvalue weighted by molar-refractivity contribution is 0.572. The first-order valence-corrected chi connectivity index (χ1v) is 10.00. The minimum absolute atomic E-state index is 0.705. The highest BCUT2D eigenvalue weighted by Crippen LogP contribution is 2.42. The van der Waals surface area contributed by atoms with Gasteiger partial charge >= 0.3 is 0 Å². The number of thiophene rings is 1. The topological polar surface area (TPSA) is 34.0 Å². The van der Waals surface area contributed by atoms with E-state index in [2.05, 4.69) is 63.5 Å². The Kier molecular flexibility index (Phi) is 4.19. The van der Waals surface area contributed by atoms with E-state index < -0.39 is 0 Å². The quantitative estimate of drug-likeness (QED) is 0.477. The van der Waals surface area contributed by atoms with E-state index >= 15 is 0 Å². The van der Waals surface area contributed by atoms with E-state index in [4.69, 9.17) is 11.6 Å². The Morgan fingerprint density at radius 3 is 2.63 bits per heavy atom. The van der Waals surface area contributed by atoms with Crippen LogP contribution in [0.1, 0.15) is 16.0 Å². The summed E-state index contributed by atoms with van der Waals surface area (Å²) < 4.78 is 1.97. The maximum absolute atomic E-state index is 6.03. The molecule has 0 bridgehead atoms. The van der Waals surface area contributed by atoms with Gasteiger partial charge < -0.3 is 4.90 Å². The predicted molar refractivity (Wildman–Crippen MR) is 110 cm³/mol. The van der Waals surface area contributed by atoms with E-state index in [0.29, 0.717) is 6.67 Å². The first-order chi connectivity index (χ1) is 13.3. The molecule has 0 atom stereocenters. The minimum atomic E-state index is 0.705. The molecule has 0 amide bonds. The molecule has 0 N–H and O–H groups in total. The molecule has 0 fully saturated rings. The predicted octanol–water partition coefficient (Wildman–Crippen LogP) is 5.23. The number of hydrogen-bond acceptors (Lipinski definition) is 4. The molecular weight excluding hydrogens is 376 g/mol. The van der Waals surface area contributed by atoms with Crippen LogP contribution in [0.25, 0.3) is 11.4 Å². The van der Waals surface area contributed by atoms with Crippen molar-refractivity contribution in [3.8, 4) is 11.4 Å². The number of fused-ring (bicyclic) bond motifs is 3. The largest absolute Gasteiger partial charge is 0.339 e. The minimum Gasteiger partial charge on any atom is -0.339 e. The molecule has 0 spiro atoms. The number of benzene rings is 2. The van der Waals surface area contributed by atoms with Gasteiger partial charge in [0.05, 0.1) is 5.56 Å². The van der Waals surface area contributed by atoms with Crippen molar-refractivity contribution >= 4 is 27.9 Å². The first kappa shape index (κ1) is 16.5. The molecule has 134 valence electrons. The van der Waals surface area contributed by atoms with Gasteiger partial charge in [-0.3, -0.25) is 0 Å². The Morgan fingerprint density at radius 1 is 1.00 bits per heavy atom. The van der Waals surface area contributed by atoms with E-state index in [0.717, 1.165) is 23.8 Å². The second kappa shape index (κ2) is 6.83. The number of anilines is 1. The van der Waals surface area contributed by atoms with Crippen molar-refractivity contribution in [1.29, 1.82) is 0 Å². The van der Waals surface area contributed by atoms with Crippen molar-refractivity contribution < 1.29 is 0 Å². The Balaban J connectivity index is 1.50. The molecule has 5 rings (SSSR count). The highest BCUT2D eigenvalue weighted by molar-refractivity contribution is 7.16. The molecule has 3 heterocycles. The van der Waals surface area contributed by atoms with Crippen LogP contribution in [0.3, 0.4) is 0 Å². The molecule has 0 aliphatic carbocycles. The van der Waals surface area contributed by atoms with Gasteiger partial charge in [-0.15, -0.1) is 11.3 Å². The van der Waals surface area contributed by atoms with Gasteiger partial charge in [-0.05, 0) is 29.3 Å². The van der Waals surface area contributed by atoms with Crippen molar-refractivity contribution in [2.75, 3.05) is 4.90 Å². The Bertz CT molecular complexity index is 1070. The first-order valence-electron chi connectivity index (χ1n) is 8.80. The fourth-order valence-electron chi connectivity index (χ4n) is 3.44. The Hall–Kier alpha value is -2.63. The van der Waals surface area contributed by atoms with Crippen molar-refractivity contribution in [3.63, 3.8) is 0 Å². The van der Waals surface area contributed by atoms with Crippen LogP contribution in [0.2, 0.25) is 5.02 Å². The maximum Gasteiger partial charge on any atom is 0.162 e. The van der Waals surface area contributed by atoms with Crippen LogP contribution in [0, 0.1) is 0 Å². The van der Waals surface area contributed by atoms with Gasteiger partial charge in [-0.2, -0.15) is 5.10 Å². The summed E-state index contributed by atoms with van der Waals surface area (Å²) in [4.78, 5) is 8.18. The maximum atomic E-state index is 6.03. The van der Waals surface area contributed by atoms with E-state index in [1.165, 1.54) is 26.6 Å². The lowest BCUT2D eigenvalue weighted by atomic mass is 10.1. The third-order valence-electron chi connectivity index (χ3n) is 4.72. The van der Waals surface area contributed by atoms with Crippen LogP contribution in [0.4, 0.5) is 5.00 Å². The summed E-state index contributed by atoms with van der Waals surface area (Å²) in [6.45, 7) is 1.52. The molecule has 0 saturated heterocycles. The summed E-state index contributed by atoms with van der Waals surface area (Å²) in [5, 5.41) is 6.42. The summed E-state index contributed by atoms with van der Waals surface area (Å²) in [5.41, 5.74) is 3.72. The van der Waals surface area contributed by atoms with E-state index in [1.54, 1.807) is 6.33 Å². The molecule has 0 unspecified atom stereocenters. The second-order valence-corrected chi connectivity index (χ2v) is 8.19. The second-order valence-electron chi connectivity index (χ2n) is 6.64. The zero-order valence-corrected chi connectivity index (χ0v) is 16.1. The fraction of sp³-hybridized carbons (Fsp3) is 0.143. The monoisotopic (exact) mass is 392 g/mol. The zero-order valence-electron chi connectivity index (χ0n) is 14.5. The molecule has 4 nitrogen and oxygen atoms in total. The molecule has 0 saturated carbocycles. The van der Waals surface area contributed by atoms with Crippen molar-refractivity contribution in [3.05, 3.63) is 88.0 Å². The van der Waals surface area contributed by atoms with Gasteiger partial charge in [0.15, 0.2) is 5.82 Å². The highest BCUT2D eigenvalue weighted by atomic mass is 35.5. The van der Waals surface area contributed by atoms with Gasteiger partial charge in [0, 0.05) is 22.9 Å². The number of nitrogens with zero attached hydrogens (tertiary/aromatic N) is 4. The smallest absolute Gasteiger partial charge is 0.162 e. The molecule has 4 aromatic rings. The van der Waals surface area contributed by atoms with Gasteiger partial charge in [-0.1, -0.05) is 54.1 Å². The van der Waals surface area contributed by atoms with Crippen molar-refractivity contribution in [1.82, 2.24) is 14.8 Å². The van der Waals surface area contributed by atoms with E-state index in [9.17, 15) is 0 Å². The normalized spacial score (nSPS) is 12.7. The average molecular weight is 393 g/mol. The molecule has 0 radical (unpaired) electrons. The lowest BCUT2D eigenvalue weighted by Gasteiger charge is -2.28. The van der Waals surface area contributed by atoms with E-state index in [1.807, 2.05) is 28.2 Å². The van der Waals surface area contributed by atoms with Gasteiger partial charge in [0.25, 0.3) is 0 Å². The summed E-state index contributed by atoms with van der Waals surface area (Å²) in [6, 6.07) is 20.9. The lowest BCUT2D eigenvalue weighted by Crippen LogP contribution is -2.29. The Morgan fingerprint density at radius 2 is 1.81 bits per heavy atom. The van der Waals surface area contributed by atoms with Crippen LogP contribution >= 0.6 is 22.9 Å².